The van der Waals surface area contributed by atoms with Gasteiger partial charge in [0, 0.05) is 10.8 Å². The molecule has 280 valence electrons. The SMILES string of the molecule is Cc1ccc(Cl)c(NC(=O)C(Oc2ccc(S(=O)(=O)c3ccc(OC(C(=O)Nc4cc(C)ccc4Cl)C(=O)C(C)(C)C)cc3)cc2)C(=O)C(C)(C)C)c1. The molecular weight excluding hydrogens is 739 g/mol. The number of halogens is 2. The Labute approximate surface area is 320 Å². The molecule has 0 bridgehead atoms. The summed E-state index contributed by atoms with van der Waals surface area (Å²) in [7, 11) is -4.07. The molecule has 0 saturated carbocycles. The summed E-state index contributed by atoms with van der Waals surface area (Å²) in [5.74, 6) is -2.30. The lowest BCUT2D eigenvalue weighted by Gasteiger charge is -2.25. The Morgan fingerprint density at radius 1 is 0.566 bits per heavy atom. The van der Waals surface area contributed by atoms with Crippen molar-refractivity contribution in [3.05, 3.63) is 106 Å². The molecule has 0 heterocycles. The predicted octanol–water partition coefficient (Wildman–Crippen LogP) is 8.45. The monoisotopic (exact) mass is 780 g/mol. The summed E-state index contributed by atoms with van der Waals surface area (Å²) in [6, 6.07) is 20.7. The van der Waals surface area contributed by atoms with Crippen molar-refractivity contribution >= 4 is 67.8 Å². The lowest BCUT2D eigenvalue weighted by Crippen LogP contribution is -2.45. The summed E-state index contributed by atoms with van der Waals surface area (Å²) in [5.41, 5.74) is 0.422. The number of rotatable bonds is 12. The maximum Gasteiger partial charge on any atom is 0.273 e. The normalized spacial score (nSPS) is 13.0. The van der Waals surface area contributed by atoms with Crippen LogP contribution in [-0.2, 0) is 29.0 Å². The van der Waals surface area contributed by atoms with Crippen LogP contribution in [0.3, 0.4) is 0 Å². The number of ketones is 2. The summed E-state index contributed by atoms with van der Waals surface area (Å²) in [6.45, 7) is 13.6. The molecule has 4 aromatic carbocycles. The van der Waals surface area contributed by atoms with Gasteiger partial charge in [0.1, 0.15) is 11.5 Å². The Balaban J connectivity index is 1.53. The van der Waals surface area contributed by atoms with E-state index >= 15 is 0 Å². The van der Waals surface area contributed by atoms with Crippen LogP contribution < -0.4 is 20.1 Å². The van der Waals surface area contributed by atoms with Crippen molar-refractivity contribution in [2.75, 3.05) is 10.6 Å². The largest absolute Gasteiger partial charge is 0.473 e. The third-order valence-electron chi connectivity index (χ3n) is 7.97. The number of hydrogen-bond donors (Lipinski definition) is 2. The quantitative estimate of drug-likeness (QED) is 0.136. The van der Waals surface area contributed by atoms with Crippen molar-refractivity contribution in [1.29, 1.82) is 0 Å². The fourth-order valence-corrected chi connectivity index (χ4v) is 6.50. The van der Waals surface area contributed by atoms with E-state index in [1.807, 2.05) is 13.8 Å². The maximum absolute atomic E-state index is 13.6. The second kappa shape index (κ2) is 16.1. The van der Waals surface area contributed by atoms with Crippen LogP contribution in [0.2, 0.25) is 10.0 Å². The third kappa shape index (κ3) is 10.2. The number of sulfone groups is 1. The molecule has 0 fully saturated rings. The minimum absolute atomic E-state index is 0.0839. The van der Waals surface area contributed by atoms with Crippen LogP contribution in [0.4, 0.5) is 11.4 Å². The van der Waals surface area contributed by atoms with Gasteiger partial charge < -0.3 is 20.1 Å². The number of benzene rings is 4. The van der Waals surface area contributed by atoms with Crippen LogP contribution in [0.25, 0.3) is 0 Å². The van der Waals surface area contributed by atoms with Gasteiger partial charge in [-0.2, -0.15) is 0 Å². The van der Waals surface area contributed by atoms with Gasteiger partial charge in [0.15, 0.2) is 11.6 Å². The van der Waals surface area contributed by atoms with E-state index in [0.717, 1.165) is 11.1 Å². The summed E-state index contributed by atoms with van der Waals surface area (Å²) >= 11 is 12.5. The van der Waals surface area contributed by atoms with E-state index in [9.17, 15) is 27.6 Å². The number of nitrogens with one attached hydrogen (secondary N) is 2. The zero-order valence-electron chi connectivity index (χ0n) is 30.7. The molecule has 10 nitrogen and oxygen atoms in total. The highest BCUT2D eigenvalue weighted by Crippen LogP contribution is 2.30. The van der Waals surface area contributed by atoms with E-state index in [2.05, 4.69) is 10.6 Å². The van der Waals surface area contributed by atoms with Crippen molar-refractivity contribution in [1.82, 2.24) is 0 Å². The summed E-state index contributed by atoms with van der Waals surface area (Å²) in [5, 5.41) is 5.90. The smallest absolute Gasteiger partial charge is 0.273 e. The summed E-state index contributed by atoms with van der Waals surface area (Å²) < 4.78 is 38.9. The van der Waals surface area contributed by atoms with Gasteiger partial charge >= 0.3 is 0 Å². The van der Waals surface area contributed by atoms with Crippen LogP contribution in [-0.4, -0.2) is 44.0 Å². The second-order valence-corrected chi connectivity index (χ2v) is 17.4. The van der Waals surface area contributed by atoms with Gasteiger partial charge in [-0.25, -0.2) is 8.42 Å². The molecule has 0 radical (unpaired) electrons. The molecule has 2 amide bonds. The average molecular weight is 782 g/mol. The van der Waals surface area contributed by atoms with Crippen LogP contribution in [0, 0.1) is 24.7 Å². The van der Waals surface area contributed by atoms with Crippen molar-refractivity contribution in [2.24, 2.45) is 10.8 Å². The first-order chi connectivity index (χ1) is 24.6. The Morgan fingerprint density at radius 3 is 1.19 bits per heavy atom. The Morgan fingerprint density at radius 2 is 0.887 bits per heavy atom. The van der Waals surface area contributed by atoms with Crippen molar-refractivity contribution in [3.63, 3.8) is 0 Å². The number of aryl methyl sites for hydroxylation is 2. The van der Waals surface area contributed by atoms with Gasteiger partial charge in [-0.15, -0.1) is 0 Å². The molecule has 0 spiro atoms. The minimum Gasteiger partial charge on any atom is -0.473 e. The lowest BCUT2D eigenvalue weighted by molar-refractivity contribution is -0.141. The zero-order chi connectivity index (χ0) is 39.5. The van der Waals surface area contributed by atoms with E-state index in [4.69, 9.17) is 32.7 Å². The van der Waals surface area contributed by atoms with Crippen molar-refractivity contribution < 1.29 is 37.1 Å². The molecule has 2 unspecified atom stereocenters. The van der Waals surface area contributed by atoms with Gasteiger partial charge in [0.05, 0.1) is 31.2 Å². The van der Waals surface area contributed by atoms with Gasteiger partial charge in [0.2, 0.25) is 22.0 Å². The van der Waals surface area contributed by atoms with Crippen molar-refractivity contribution in [2.45, 2.75) is 77.4 Å². The highest BCUT2D eigenvalue weighted by molar-refractivity contribution is 7.91. The first-order valence-corrected chi connectivity index (χ1v) is 18.8. The Kier molecular flexibility index (Phi) is 12.5. The number of carbonyl (C=O) groups excluding carboxylic acids is 4. The fourth-order valence-electron chi connectivity index (χ4n) is 4.91. The van der Waals surface area contributed by atoms with Crippen molar-refractivity contribution in [3.8, 4) is 11.5 Å². The number of carbonyl (C=O) groups is 4. The minimum atomic E-state index is -4.07. The van der Waals surface area contributed by atoms with E-state index in [-0.39, 0.29) is 31.3 Å². The van der Waals surface area contributed by atoms with Gasteiger partial charge in [0.25, 0.3) is 11.8 Å². The zero-order valence-corrected chi connectivity index (χ0v) is 33.0. The maximum atomic E-state index is 13.6. The van der Waals surface area contributed by atoms with E-state index in [1.165, 1.54) is 48.5 Å². The van der Waals surface area contributed by atoms with Gasteiger partial charge in [-0.05, 0) is 97.8 Å². The van der Waals surface area contributed by atoms with Crippen LogP contribution in [0.5, 0.6) is 11.5 Å². The van der Waals surface area contributed by atoms with E-state index in [1.54, 1.807) is 77.9 Å². The number of amides is 2. The fraction of sp³-hybridized carbons (Fsp3) is 0.300. The lowest BCUT2D eigenvalue weighted by atomic mass is 9.87. The Hall–Kier alpha value is -4.71. The van der Waals surface area contributed by atoms with Gasteiger partial charge in [-0.3, -0.25) is 19.2 Å². The molecule has 2 atom stereocenters. The molecule has 0 saturated heterocycles. The molecule has 53 heavy (non-hydrogen) atoms. The molecule has 4 aromatic rings. The number of hydrogen-bond acceptors (Lipinski definition) is 8. The standard InChI is InChI=1S/C40H42Cl2N2O8S/c1-23-9-19-29(41)31(21-23)43-37(47)33(35(45)39(3,4)5)51-25-11-15-27(16-12-25)53(49,50)28-17-13-26(14-18-28)52-34(36(46)40(6,7)8)38(48)44-32-22-24(2)10-20-30(32)42/h9-22,33-34H,1-8H3,(H,43,47)(H,44,48). The van der Waals surface area contributed by atoms with Crippen LogP contribution in [0.15, 0.2) is 94.7 Å². The molecule has 13 heteroatoms. The van der Waals surface area contributed by atoms with Crippen LogP contribution >= 0.6 is 23.2 Å². The predicted molar refractivity (Wildman–Crippen MR) is 206 cm³/mol. The molecule has 0 aliphatic rings. The van der Waals surface area contributed by atoms with E-state index in [0.29, 0.717) is 11.4 Å². The van der Waals surface area contributed by atoms with Gasteiger partial charge in [-0.1, -0.05) is 76.9 Å². The summed E-state index contributed by atoms with van der Waals surface area (Å²) in [4.78, 5) is 53.1. The molecule has 2 N–H and O–H groups in total. The molecule has 0 aliphatic carbocycles. The summed E-state index contributed by atoms with van der Waals surface area (Å²) in [6.07, 6.45) is -3.13. The number of anilines is 2. The molecule has 0 aliphatic heterocycles. The molecule has 0 aromatic heterocycles. The third-order valence-corrected chi connectivity index (χ3v) is 10.4. The average Bonchev–Trinajstić information content (AvgIpc) is 3.08. The highest BCUT2D eigenvalue weighted by atomic mass is 35.5. The molecule has 4 rings (SSSR count). The Bertz CT molecular complexity index is 1990. The first-order valence-electron chi connectivity index (χ1n) is 16.6. The second-order valence-electron chi connectivity index (χ2n) is 14.6. The molecular formula is C40H42Cl2N2O8S. The van der Waals surface area contributed by atoms with Crippen LogP contribution in [0.1, 0.15) is 52.7 Å². The highest BCUT2D eigenvalue weighted by Gasteiger charge is 2.38. The first kappa shape index (κ1) is 41.1. The number of ether oxygens (including phenoxy) is 2. The van der Waals surface area contributed by atoms with E-state index < -0.39 is 56.3 Å². The topological polar surface area (TPSA) is 145 Å². The number of Topliss-reactive ketones (excluding diaryl/α,β-unsaturated/α-hetero) is 2.